The Morgan fingerprint density at radius 3 is 2.44 bits per heavy atom. The Bertz CT molecular complexity index is 1250. The molecule has 1 saturated heterocycles. The summed E-state index contributed by atoms with van der Waals surface area (Å²) < 4.78 is 10.5. The van der Waals surface area contributed by atoms with Gasteiger partial charge in [-0.3, -0.25) is 15.2 Å². The minimum absolute atomic E-state index is 0.264. The second kappa shape index (κ2) is 10.8. The van der Waals surface area contributed by atoms with Gasteiger partial charge in [-0.05, 0) is 49.7 Å². The van der Waals surface area contributed by atoms with E-state index in [1.807, 2.05) is 31.2 Å². The monoisotopic (exact) mass is 489 g/mol. The highest BCUT2D eigenvalue weighted by Gasteiger charge is 2.37. The number of carbonyl (C=O) groups excluding carboxylic acids is 3. The number of esters is 1. The summed E-state index contributed by atoms with van der Waals surface area (Å²) in [4.78, 5) is 44.0. The van der Waals surface area contributed by atoms with Crippen LogP contribution in [0.15, 0.2) is 67.0 Å². The van der Waals surface area contributed by atoms with Crippen LogP contribution in [0, 0.1) is 6.92 Å². The summed E-state index contributed by atoms with van der Waals surface area (Å²) in [7, 11) is 1.30. The third-order valence-electron chi connectivity index (χ3n) is 5.61. The summed E-state index contributed by atoms with van der Waals surface area (Å²) in [6.45, 7) is 4.33. The van der Waals surface area contributed by atoms with Gasteiger partial charge >= 0.3 is 18.0 Å². The number of pyridine rings is 1. The number of aromatic nitrogens is 1. The van der Waals surface area contributed by atoms with Crippen LogP contribution >= 0.6 is 0 Å². The number of ether oxygens (including phenoxy) is 2. The predicted molar refractivity (Wildman–Crippen MR) is 133 cm³/mol. The first-order valence-corrected chi connectivity index (χ1v) is 11.4. The van der Waals surface area contributed by atoms with Gasteiger partial charge < -0.3 is 14.8 Å². The summed E-state index contributed by atoms with van der Waals surface area (Å²) in [6.07, 6.45) is 2.14. The van der Waals surface area contributed by atoms with Crippen molar-refractivity contribution in [3.05, 3.63) is 83.7 Å². The number of anilines is 1. The van der Waals surface area contributed by atoms with Crippen LogP contribution in [0.25, 0.3) is 0 Å². The van der Waals surface area contributed by atoms with Crippen LogP contribution in [-0.2, 0) is 11.3 Å². The summed E-state index contributed by atoms with van der Waals surface area (Å²) in [5, 5.41) is 6.06. The molecule has 36 heavy (non-hydrogen) atoms. The highest BCUT2D eigenvalue weighted by Crippen LogP contribution is 2.25. The number of methoxy groups -OCH3 is 1. The SMILES string of the molecule is CCN1C(=O)NC(Nc2ccc(Oc3cncc(C(=O)OC)c3)cc2)N(Cc2ccc(C)cc2)C1=O. The summed E-state index contributed by atoms with van der Waals surface area (Å²) in [5.74, 6) is 0.392. The van der Waals surface area contributed by atoms with E-state index >= 15 is 0 Å². The molecule has 0 radical (unpaired) electrons. The number of hydrogen-bond donors (Lipinski definition) is 2. The summed E-state index contributed by atoms with van der Waals surface area (Å²) in [5.41, 5.74) is 3.01. The van der Waals surface area contributed by atoms with Crippen molar-refractivity contribution < 1.29 is 23.9 Å². The standard InChI is InChI=1S/C26H27N5O5/c1-4-30-25(33)29-24(31(26(30)34)16-18-7-5-17(2)6-8-18)28-20-9-11-21(12-10-20)36-22-13-19(14-27-15-22)23(32)35-3/h5-15,24,28H,4,16H2,1-3H3,(H,29,33). The van der Waals surface area contributed by atoms with E-state index in [4.69, 9.17) is 9.47 Å². The number of nitrogens with one attached hydrogen (secondary N) is 2. The maximum Gasteiger partial charge on any atom is 0.339 e. The van der Waals surface area contributed by atoms with Crippen molar-refractivity contribution in [1.82, 2.24) is 20.1 Å². The van der Waals surface area contributed by atoms with Gasteiger partial charge in [0.05, 0.1) is 25.4 Å². The van der Waals surface area contributed by atoms with Gasteiger partial charge in [-0.25, -0.2) is 19.3 Å². The first kappa shape index (κ1) is 24.5. The first-order valence-electron chi connectivity index (χ1n) is 11.4. The zero-order valence-corrected chi connectivity index (χ0v) is 20.2. The first-order chi connectivity index (χ1) is 17.4. The number of amides is 4. The van der Waals surface area contributed by atoms with Gasteiger partial charge in [0, 0.05) is 18.4 Å². The van der Waals surface area contributed by atoms with Gasteiger partial charge in [-0.1, -0.05) is 29.8 Å². The normalized spacial score (nSPS) is 15.4. The number of hydrogen-bond acceptors (Lipinski definition) is 7. The van der Waals surface area contributed by atoms with Crippen molar-refractivity contribution >= 4 is 23.7 Å². The van der Waals surface area contributed by atoms with Crippen molar-refractivity contribution in [2.75, 3.05) is 19.0 Å². The van der Waals surface area contributed by atoms with Gasteiger partial charge in [-0.15, -0.1) is 0 Å². The molecule has 186 valence electrons. The average Bonchev–Trinajstić information content (AvgIpc) is 2.88. The largest absolute Gasteiger partial charge is 0.465 e. The second-order valence-electron chi connectivity index (χ2n) is 8.16. The topological polar surface area (TPSA) is 113 Å². The Morgan fingerprint density at radius 2 is 1.78 bits per heavy atom. The Kier molecular flexibility index (Phi) is 7.33. The summed E-state index contributed by atoms with van der Waals surface area (Å²) >= 11 is 0. The molecule has 2 N–H and O–H groups in total. The minimum Gasteiger partial charge on any atom is -0.465 e. The molecule has 2 heterocycles. The molecule has 0 bridgehead atoms. The summed E-state index contributed by atoms with van der Waals surface area (Å²) in [6, 6.07) is 15.6. The molecule has 1 unspecified atom stereocenters. The Balaban J connectivity index is 1.48. The fourth-order valence-electron chi connectivity index (χ4n) is 3.68. The second-order valence-corrected chi connectivity index (χ2v) is 8.16. The molecule has 2 aromatic carbocycles. The van der Waals surface area contributed by atoms with Crippen molar-refractivity contribution in [3.63, 3.8) is 0 Å². The highest BCUT2D eigenvalue weighted by atomic mass is 16.5. The van der Waals surface area contributed by atoms with Gasteiger partial charge in [0.15, 0.2) is 6.29 Å². The molecule has 1 atom stereocenters. The van der Waals surface area contributed by atoms with Gasteiger partial charge in [0.2, 0.25) is 0 Å². The Labute approximate surface area is 208 Å². The zero-order chi connectivity index (χ0) is 25.7. The highest BCUT2D eigenvalue weighted by molar-refractivity contribution is 5.96. The lowest BCUT2D eigenvalue weighted by molar-refractivity contribution is 0.0599. The van der Waals surface area contributed by atoms with E-state index in [1.54, 1.807) is 36.1 Å². The van der Waals surface area contributed by atoms with Crippen LogP contribution < -0.4 is 15.4 Å². The molecule has 1 aliphatic heterocycles. The molecular weight excluding hydrogens is 462 g/mol. The lowest BCUT2D eigenvalue weighted by Gasteiger charge is -2.41. The number of urea groups is 2. The molecule has 4 rings (SSSR count). The van der Waals surface area contributed by atoms with Crippen LogP contribution in [0.1, 0.15) is 28.4 Å². The van der Waals surface area contributed by atoms with Crippen molar-refractivity contribution in [3.8, 4) is 11.5 Å². The number of rotatable bonds is 8. The molecule has 1 fully saturated rings. The average molecular weight is 490 g/mol. The molecule has 0 saturated carbocycles. The van der Waals surface area contributed by atoms with Crippen LogP contribution in [0.4, 0.5) is 15.3 Å². The quantitative estimate of drug-likeness (QED) is 0.453. The molecule has 10 nitrogen and oxygen atoms in total. The fourth-order valence-corrected chi connectivity index (χ4v) is 3.68. The van der Waals surface area contributed by atoms with Gasteiger partial charge in [0.25, 0.3) is 0 Å². The third-order valence-corrected chi connectivity index (χ3v) is 5.61. The molecule has 3 aromatic rings. The van der Waals surface area contributed by atoms with Crippen molar-refractivity contribution in [2.45, 2.75) is 26.7 Å². The van der Waals surface area contributed by atoms with Crippen LogP contribution in [0.5, 0.6) is 11.5 Å². The molecule has 0 spiro atoms. The van der Waals surface area contributed by atoms with Crippen LogP contribution in [0.2, 0.25) is 0 Å². The maximum atomic E-state index is 13.1. The van der Waals surface area contributed by atoms with E-state index in [9.17, 15) is 14.4 Å². The van der Waals surface area contributed by atoms with Gasteiger partial charge in [0.1, 0.15) is 11.5 Å². The van der Waals surface area contributed by atoms with E-state index in [-0.39, 0.29) is 18.1 Å². The van der Waals surface area contributed by atoms with E-state index < -0.39 is 18.3 Å². The number of benzene rings is 2. The minimum atomic E-state index is -0.748. The van der Waals surface area contributed by atoms with E-state index in [0.29, 0.717) is 23.7 Å². The smallest absolute Gasteiger partial charge is 0.339 e. The molecule has 1 aromatic heterocycles. The van der Waals surface area contributed by atoms with Crippen molar-refractivity contribution in [1.29, 1.82) is 0 Å². The predicted octanol–water partition coefficient (Wildman–Crippen LogP) is 4.33. The van der Waals surface area contributed by atoms with E-state index in [0.717, 1.165) is 11.1 Å². The zero-order valence-electron chi connectivity index (χ0n) is 20.2. The lowest BCUT2D eigenvalue weighted by atomic mass is 10.1. The number of imide groups is 1. The Hall–Kier alpha value is -4.60. The number of carbonyl (C=O) groups is 3. The Morgan fingerprint density at radius 1 is 1.06 bits per heavy atom. The number of nitrogens with zero attached hydrogens (tertiary/aromatic N) is 3. The molecular formula is C26H27N5O5. The molecule has 0 aliphatic carbocycles. The third kappa shape index (κ3) is 5.54. The van der Waals surface area contributed by atoms with Crippen molar-refractivity contribution in [2.24, 2.45) is 0 Å². The number of aryl methyl sites for hydroxylation is 1. The molecule has 4 amide bonds. The van der Waals surface area contributed by atoms with Crippen LogP contribution in [0.3, 0.4) is 0 Å². The lowest BCUT2D eigenvalue weighted by Crippen LogP contribution is -2.66. The maximum absolute atomic E-state index is 13.1. The fraction of sp³-hybridized carbons (Fsp3) is 0.231. The molecule has 1 aliphatic rings. The molecule has 10 heteroatoms. The van der Waals surface area contributed by atoms with E-state index in [1.165, 1.54) is 30.5 Å². The van der Waals surface area contributed by atoms with Gasteiger partial charge in [-0.2, -0.15) is 0 Å². The van der Waals surface area contributed by atoms with Crippen LogP contribution in [-0.4, -0.2) is 52.8 Å². The van der Waals surface area contributed by atoms with E-state index in [2.05, 4.69) is 15.6 Å².